The van der Waals surface area contributed by atoms with Crippen molar-refractivity contribution in [3.63, 3.8) is 0 Å². The minimum absolute atomic E-state index is 0.293. The Morgan fingerprint density at radius 1 is 0.947 bits per heavy atom. The fraction of sp³-hybridized carbons (Fsp3) is 0.200. The number of aryl methyl sites for hydroxylation is 1. The summed E-state index contributed by atoms with van der Waals surface area (Å²) in [7, 11) is 0. The van der Waals surface area contributed by atoms with Crippen LogP contribution in [0.15, 0.2) is 36.4 Å². The first-order valence-electron chi connectivity index (χ1n) is 5.92. The Balaban J connectivity index is 2.22. The van der Waals surface area contributed by atoms with Crippen LogP contribution in [0, 0.1) is 24.4 Å². The maximum Gasteiger partial charge on any atom is 0.126 e. The molecule has 2 aromatic rings. The zero-order valence-corrected chi connectivity index (χ0v) is 10.5. The highest BCUT2D eigenvalue weighted by atomic mass is 19.1. The lowest BCUT2D eigenvalue weighted by molar-refractivity contribution is 0.576. The SMILES string of the molecule is Cc1cc(F)ccc1C(N)Cc1cc(F)cc(F)c1. The Kier molecular flexibility index (Phi) is 3.90. The van der Waals surface area contributed by atoms with Gasteiger partial charge in [-0.2, -0.15) is 0 Å². The van der Waals surface area contributed by atoms with Crippen molar-refractivity contribution in [3.05, 3.63) is 70.5 Å². The van der Waals surface area contributed by atoms with Crippen molar-refractivity contribution in [1.29, 1.82) is 0 Å². The van der Waals surface area contributed by atoms with Gasteiger partial charge in [0.15, 0.2) is 0 Å². The van der Waals surface area contributed by atoms with Gasteiger partial charge in [-0.15, -0.1) is 0 Å². The van der Waals surface area contributed by atoms with Crippen LogP contribution in [-0.2, 0) is 6.42 Å². The van der Waals surface area contributed by atoms with Crippen LogP contribution in [0.25, 0.3) is 0 Å². The highest BCUT2D eigenvalue weighted by Gasteiger charge is 2.12. The van der Waals surface area contributed by atoms with Crippen molar-refractivity contribution in [1.82, 2.24) is 0 Å². The molecule has 0 bridgehead atoms. The zero-order chi connectivity index (χ0) is 14.0. The van der Waals surface area contributed by atoms with Crippen LogP contribution in [-0.4, -0.2) is 0 Å². The molecule has 0 aliphatic rings. The van der Waals surface area contributed by atoms with E-state index >= 15 is 0 Å². The lowest BCUT2D eigenvalue weighted by Gasteiger charge is -2.15. The van der Waals surface area contributed by atoms with Gasteiger partial charge >= 0.3 is 0 Å². The Morgan fingerprint density at radius 2 is 1.58 bits per heavy atom. The van der Waals surface area contributed by atoms with Gasteiger partial charge in [0.25, 0.3) is 0 Å². The highest BCUT2D eigenvalue weighted by molar-refractivity contribution is 5.31. The van der Waals surface area contributed by atoms with Crippen molar-refractivity contribution in [2.75, 3.05) is 0 Å². The first kappa shape index (κ1) is 13.6. The Morgan fingerprint density at radius 3 is 2.16 bits per heavy atom. The van der Waals surface area contributed by atoms with Crippen molar-refractivity contribution in [3.8, 4) is 0 Å². The molecule has 19 heavy (non-hydrogen) atoms. The van der Waals surface area contributed by atoms with E-state index in [4.69, 9.17) is 5.73 Å². The fourth-order valence-electron chi connectivity index (χ4n) is 2.15. The quantitative estimate of drug-likeness (QED) is 0.900. The zero-order valence-electron chi connectivity index (χ0n) is 10.5. The molecule has 2 rings (SSSR count). The van der Waals surface area contributed by atoms with Gasteiger partial charge in [-0.25, -0.2) is 13.2 Å². The van der Waals surface area contributed by atoms with E-state index in [1.807, 2.05) is 0 Å². The second-order valence-electron chi connectivity index (χ2n) is 4.59. The van der Waals surface area contributed by atoms with Crippen molar-refractivity contribution < 1.29 is 13.2 Å². The molecule has 2 aromatic carbocycles. The first-order chi connectivity index (χ1) is 8.95. The average molecular weight is 265 g/mol. The van der Waals surface area contributed by atoms with Crippen LogP contribution in [0.1, 0.15) is 22.7 Å². The van der Waals surface area contributed by atoms with E-state index in [0.717, 1.165) is 17.2 Å². The van der Waals surface area contributed by atoms with Crippen LogP contribution in [0.2, 0.25) is 0 Å². The molecule has 0 saturated heterocycles. The van der Waals surface area contributed by atoms with E-state index in [9.17, 15) is 13.2 Å². The molecule has 2 N–H and O–H groups in total. The molecule has 0 radical (unpaired) electrons. The molecule has 4 heteroatoms. The number of nitrogens with two attached hydrogens (primary N) is 1. The van der Waals surface area contributed by atoms with Crippen LogP contribution >= 0.6 is 0 Å². The molecular weight excluding hydrogens is 251 g/mol. The number of hydrogen-bond donors (Lipinski definition) is 1. The summed E-state index contributed by atoms with van der Waals surface area (Å²) in [5.74, 6) is -1.58. The van der Waals surface area contributed by atoms with E-state index in [-0.39, 0.29) is 5.82 Å². The maximum atomic E-state index is 13.1. The summed E-state index contributed by atoms with van der Waals surface area (Å²) in [4.78, 5) is 0. The van der Waals surface area contributed by atoms with Crippen LogP contribution in [0.4, 0.5) is 13.2 Å². The normalized spacial score (nSPS) is 12.5. The van der Waals surface area contributed by atoms with Gasteiger partial charge in [-0.05, 0) is 54.3 Å². The minimum atomic E-state index is -0.627. The Labute approximate surface area is 109 Å². The van der Waals surface area contributed by atoms with Gasteiger partial charge in [-0.3, -0.25) is 0 Å². The third-order valence-electron chi connectivity index (χ3n) is 3.01. The lowest BCUT2D eigenvalue weighted by atomic mass is 9.96. The predicted molar refractivity (Wildman–Crippen MR) is 68.1 cm³/mol. The van der Waals surface area contributed by atoms with Crippen LogP contribution in [0.3, 0.4) is 0 Å². The van der Waals surface area contributed by atoms with Crippen LogP contribution < -0.4 is 5.73 Å². The van der Waals surface area contributed by atoms with Crippen LogP contribution in [0.5, 0.6) is 0 Å². The number of rotatable bonds is 3. The summed E-state index contributed by atoms with van der Waals surface area (Å²) in [5.41, 5.74) is 7.99. The predicted octanol–water partition coefficient (Wildman–Crippen LogP) is 3.65. The molecule has 0 saturated carbocycles. The summed E-state index contributed by atoms with van der Waals surface area (Å²) in [6.07, 6.45) is 0.293. The molecule has 0 aliphatic carbocycles. The lowest BCUT2D eigenvalue weighted by Crippen LogP contribution is -2.15. The summed E-state index contributed by atoms with van der Waals surface area (Å²) >= 11 is 0. The van der Waals surface area contributed by atoms with Gasteiger partial charge in [-0.1, -0.05) is 6.07 Å². The Bertz CT molecular complexity index is 576. The van der Waals surface area contributed by atoms with E-state index < -0.39 is 17.7 Å². The first-order valence-corrected chi connectivity index (χ1v) is 5.92. The summed E-state index contributed by atoms with van der Waals surface area (Å²) in [6, 6.07) is 7.21. The number of halogens is 3. The van der Waals surface area contributed by atoms with E-state index in [1.54, 1.807) is 13.0 Å². The third-order valence-corrected chi connectivity index (χ3v) is 3.01. The van der Waals surface area contributed by atoms with Gasteiger partial charge in [0.05, 0.1) is 0 Å². The second-order valence-corrected chi connectivity index (χ2v) is 4.59. The molecule has 1 nitrogen and oxygen atoms in total. The average Bonchev–Trinajstić information content (AvgIpc) is 2.26. The maximum absolute atomic E-state index is 13.1. The molecule has 0 amide bonds. The molecule has 0 fully saturated rings. The summed E-state index contributed by atoms with van der Waals surface area (Å²) < 4.78 is 39.2. The van der Waals surface area contributed by atoms with E-state index in [0.29, 0.717) is 12.0 Å². The monoisotopic (exact) mass is 265 g/mol. The molecule has 0 heterocycles. The molecule has 1 atom stereocenters. The Hall–Kier alpha value is -1.81. The largest absolute Gasteiger partial charge is 0.324 e. The number of hydrogen-bond acceptors (Lipinski definition) is 1. The molecule has 100 valence electrons. The third kappa shape index (κ3) is 3.35. The smallest absolute Gasteiger partial charge is 0.126 e. The molecular formula is C15H14F3N. The minimum Gasteiger partial charge on any atom is -0.324 e. The van der Waals surface area contributed by atoms with Gasteiger partial charge in [0.2, 0.25) is 0 Å². The summed E-state index contributed by atoms with van der Waals surface area (Å²) in [6.45, 7) is 1.75. The molecule has 1 unspecified atom stereocenters. The fourth-order valence-corrected chi connectivity index (χ4v) is 2.15. The summed E-state index contributed by atoms with van der Waals surface area (Å²) in [5, 5.41) is 0. The number of benzene rings is 2. The standard InChI is InChI=1S/C15H14F3N/c1-9-4-11(16)2-3-14(9)15(19)7-10-5-12(17)8-13(18)6-10/h2-6,8,15H,7,19H2,1H3. The van der Waals surface area contributed by atoms with Gasteiger partial charge in [0.1, 0.15) is 17.5 Å². The van der Waals surface area contributed by atoms with E-state index in [1.165, 1.54) is 24.3 Å². The molecule has 0 aromatic heterocycles. The van der Waals surface area contributed by atoms with E-state index in [2.05, 4.69) is 0 Å². The van der Waals surface area contributed by atoms with Crippen molar-refractivity contribution in [2.24, 2.45) is 5.73 Å². The van der Waals surface area contributed by atoms with Gasteiger partial charge in [0, 0.05) is 12.1 Å². The molecule has 0 spiro atoms. The topological polar surface area (TPSA) is 26.0 Å². The molecule has 0 aliphatic heterocycles. The van der Waals surface area contributed by atoms with Crippen molar-refractivity contribution in [2.45, 2.75) is 19.4 Å². The highest BCUT2D eigenvalue weighted by Crippen LogP contribution is 2.21. The van der Waals surface area contributed by atoms with Gasteiger partial charge < -0.3 is 5.73 Å². The second kappa shape index (κ2) is 5.45. The van der Waals surface area contributed by atoms with Crippen molar-refractivity contribution >= 4 is 0 Å².